The van der Waals surface area contributed by atoms with Crippen molar-refractivity contribution in [2.75, 3.05) is 11.4 Å². The van der Waals surface area contributed by atoms with Gasteiger partial charge in [0.25, 0.3) is 0 Å². The molecule has 0 unspecified atom stereocenters. The molecule has 4 fully saturated rings. The number of carboxylic acid groups (broad SMARTS) is 1. The highest BCUT2D eigenvalue weighted by Crippen LogP contribution is 2.62. The number of anilines is 1. The molecule has 4 aliphatic carbocycles. The second-order valence-electron chi connectivity index (χ2n) is 12.7. The monoisotopic (exact) mass is 542 g/mol. The first kappa shape index (κ1) is 26.7. The predicted octanol–water partition coefficient (Wildman–Crippen LogP) is 5.47. The number of aliphatic carboxylic acids is 1. The molecule has 0 aromatic heterocycles. The van der Waals surface area contributed by atoms with Crippen LogP contribution in [0.2, 0.25) is 0 Å². The van der Waals surface area contributed by atoms with Gasteiger partial charge in [-0.3, -0.25) is 19.2 Å². The number of carbonyl (C=O) groups is 4. The van der Waals surface area contributed by atoms with Gasteiger partial charge in [0.2, 0.25) is 11.8 Å². The molecule has 7 rings (SSSR count). The number of hydrogen-bond donors (Lipinski definition) is 1. The van der Waals surface area contributed by atoms with Crippen molar-refractivity contribution in [2.24, 2.45) is 23.2 Å². The van der Waals surface area contributed by atoms with E-state index in [4.69, 9.17) is 0 Å². The maximum Gasteiger partial charge on any atom is 0.303 e. The van der Waals surface area contributed by atoms with Crippen LogP contribution in [0.3, 0.4) is 0 Å². The Balaban J connectivity index is 1.42. The third kappa shape index (κ3) is 5.30. The van der Waals surface area contributed by atoms with E-state index in [1.165, 1.54) is 19.3 Å². The number of carboxylic acids is 1. The smallest absolute Gasteiger partial charge is 0.303 e. The Morgan fingerprint density at radius 2 is 1.48 bits per heavy atom. The van der Waals surface area contributed by atoms with Crippen molar-refractivity contribution in [1.29, 1.82) is 0 Å². The second kappa shape index (κ2) is 10.8. The van der Waals surface area contributed by atoms with Crippen LogP contribution in [0.5, 0.6) is 0 Å². The number of rotatable bonds is 7. The first-order valence-electron chi connectivity index (χ1n) is 14.8. The van der Waals surface area contributed by atoms with Crippen LogP contribution in [0, 0.1) is 23.2 Å². The number of Topliss-reactive ketones (excluding diaryl/α,β-unsaturated/α-hetero) is 1. The average Bonchev–Trinajstić information content (AvgIpc) is 2.96. The van der Waals surface area contributed by atoms with Crippen molar-refractivity contribution in [3.05, 3.63) is 65.7 Å². The van der Waals surface area contributed by atoms with Gasteiger partial charge in [0.1, 0.15) is 6.04 Å². The summed E-state index contributed by atoms with van der Waals surface area (Å²) >= 11 is 0. The van der Waals surface area contributed by atoms with E-state index in [-0.39, 0.29) is 48.8 Å². The molecule has 40 heavy (non-hydrogen) atoms. The molecular weight excluding hydrogens is 504 g/mol. The fraction of sp³-hybridized carbons (Fsp3) is 0.515. The van der Waals surface area contributed by atoms with Crippen molar-refractivity contribution in [3.63, 3.8) is 0 Å². The number of ketones is 1. The fourth-order valence-electron chi connectivity index (χ4n) is 8.62. The van der Waals surface area contributed by atoms with Gasteiger partial charge in [0.15, 0.2) is 5.78 Å². The van der Waals surface area contributed by atoms with Crippen molar-refractivity contribution in [3.8, 4) is 0 Å². The average molecular weight is 543 g/mol. The molecule has 2 aromatic carbocycles. The van der Waals surface area contributed by atoms with Gasteiger partial charge in [-0.2, -0.15) is 0 Å². The van der Waals surface area contributed by atoms with Gasteiger partial charge in [-0.1, -0.05) is 42.5 Å². The van der Waals surface area contributed by atoms with E-state index in [0.717, 1.165) is 24.8 Å². The number of para-hydroxylation sites is 1. The molecule has 0 saturated heterocycles. The maximum absolute atomic E-state index is 14.8. The largest absolute Gasteiger partial charge is 0.481 e. The number of nitrogens with zero attached hydrogens (tertiary/aromatic N) is 2. The Morgan fingerprint density at radius 3 is 2.12 bits per heavy atom. The SMILES string of the molecule is O=C(O)CCC(=O)N1CCC(=O)c2ccccc2N(Cc2ccccc2)C(=O)[C@H]1CC12CC3CC(CC(C3)C1)C2. The van der Waals surface area contributed by atoms with E-state index in [2.05, 4.69) is 0 Å². The standard InChI is InChI=1S/C33H38N2O5/c36-29-12-13-34(30(37)10-11-31(38)39)28(20-33-17-23-14-24(18-33)16-25(15-23)19-33)32(40)35(21-22-6-2-1-3-7-22)27-9-5-4-8-26(27)29/h1-9,23-25,28H,10-21H2,(H,38,39)/t23?,24?,25?,28-,33?/m1/s1. The topological polar surface area (TPSA) is 95.0 Å². The van der Waals surface area contributed by atoms with Crippen molar-refractivity contribution in [2.45, 2.75) is 76.8 Å². The first-order chi connectivity index (χ1) is 19.3. The summed E-state index contributed by atoms with van der Waals surface area (Å²) in [5.41, 5.74) is 2.02. The minimum absolute atomic E-state index is 0.0103. The summed E-state index contributed by atoms with van der Waals surface area (Å²) in [5, 5.41) is 9.30. The van der Waals surface area contributed by atoms with Crippen LogP contribution in [0.4, 0.5) is 5.69 Å². The summed E-state index contributed by atoms with van der Waals surface area (Å²) in [6, 6.07) is 16.2. The Bertz CT molecular complexity index is 1270. The van der Waals surface area contributed by atoms with Crippen molar-refractivity contribution in [1.82, 2.24) is 4.90 Å². The van der Waals surface area contributed by atoms with Crippen molar-refractivity contribution < 1.29 is 24.3 Å². The van der Waals surface area contributed by atoms with Crippen LogP contribution >= 0.6 is 0 Å². The highest BCUT2D eigenvalue weighted by molar-refractivity contribution is 6.08. The molecule has 1 atom stereocenters. The number of carbonyl (C=O) groups excluding carboxylic acids is 3. The number of amides is 2. The molecule has 1 aliphatic heterocycles. The van der Waals surface area contributed by atoms with Gasteiger partial charge in [-0.05, 0) is 85.8 Å². The van der Waals surface area contributed by atoms with E-state index in [1.54, 1.807) is 15.9 Å². The Kier molecular flexibility index (Phi) is 7.24. The molecule has 1 N–H and O–H groups in total. The Hall–Kier alpha value is -3.48. The van der Waals surface area contributed by atoms with E-state index in [1.807, 2.05) is 48.5 Å². The molecule has 0 radical (unpaired) electrons. The van der Waals surface area contributed by atoms with Gasteiger partial charge in [0.05, 0.1) is 18.7 Å². The molecule has 7 heteroatoms. The van der Waals surface area contributed by atoms with Crippen molar-refractivity contribution >= 4 is 29.3 Å². The van der Waals surface area contributed by atoms with Gasteiger partial charge < -0.3 is 14.9 Å². The van der Waals surface area contributed by atoms with E-state index >= 15 is 0 Å². The van der Waals surface area contributed by atoms with E-state index in [9.17, 15) is 24.3 Å². The van der Waals surface area contributed by atoms with Gasteiger partial charge in [0, 0.05) is 24.9 Å². The van der Waals surface area contributed by atoms with Crippen LogP contribution in [0.15, 0.2) is 54.6 Å². The molecule has 2 aromatic rings. The molecule has 210 valence electrons. The zero-order valence-electron chi connectivity index (χ0n) is 23.0. The number of fused-ring (bicyclic) bond motifs is 1. The quantitative estimate of drug-likeness (QED) is 0.500. The van der Waals surface area contributed by atoms with Crippen LogP contribution < -0.4 is 4.90 Å². The summed E-state index contributed by atoms with van der Waals surface area (Å²) < 4.78 is 0. The number of hydrogen-bond acceptors (Lipinski definition) is 4. The molecule has 7 nitrogen and oxygen atoms in total. The molecule has 4 bridgehead atoms. The van der Waals surface area contributed by atoms with E-state index < -0.39 is 12.0 Å². The lowest BCUT2D eigenvalue weighted by Crippen LogP contribution is -2.56. The summed E-state index contributed by atoms with van der Waals surface area (Å²) in [5.74, 6) is 0.378. The molecule has 0 spiro atoms. The molecular formula is C33H38N2O5. The van der Waals surface area contributed by atoms with Gasteiger partial charge in [-0.25, -0.2) is 0 Å². The lowest BCUT2D eigenvalue weighted by Gasteiger charge is -2.58. The highest BCUT2D eigenvalue weighted by atomic mass is 16.4. The zero-order valence-corrected chi connectivity index (χ0v) is 23.0. The van der Waals surface area contributed by atoms with Crippen LogP contribution in [0.1, 0.15) is 80.1 Å². The minimum atomic E-state index is -1.05. The summed E-state index contributed by atoms with van der Waals surface area (Å²) in [6.45, 7) is 0.409. The van der Waals surface area contributed by atoms with Gasteiger partial charge in [-0.15, -0.1) is 0 Å². The Morgan fingerprint density at radius 1 is 0.850 bits per heavy atom. The normalized spacial score (nSPS) is 29.5. The third-order valence-electron chi connectivity index (χ3n) is 9.85. The molecule has 4 saturated carbocycles. The predicted molar refractivity (Wildman–Crippen MR) is 151 cm³/mol. The fourth-order valence-corrected chi connectivity index (χ4v) is 8.62. The first-order valence-corrected chi connectivity index (χ1v) is 14.8. The Labute approximate surface area is 235 Å². The lowest BCUT2D eigenvalue weighted by atomic mass is 9.48. The van der Waals surface area contributed by atoms with Crippen LogP contribution in [-0.2, 0) is 20.9 Å². The third-order valence-corrected chi connectivity index (χ3v) is 9.85. The summed E-state index contributed by atoms with van der Waals surface area (Å²) in [7, 11) is 0. The molecule has 2 amide bonds. The summed E-state index contributed by atoms with van der Waals surface area (Å²) in [4.78, 5) is 56.6. The molecule has 1 heterocycles. The molecule has 5 aliphatic rings. The lowest BCUT2D eigenvalue weighted by molar-refractivity contribution is -0.146. The minimum Gasteiger partial charge on any atom is -0.481 e. The maximum atomic E-state index is 14.8. The van der Waals surface area contributed by atoms with Crippen LogP contribution in [-0.4, -0.2) is 46.2 Å². The highest BCUT2D eigenvalue weighted by Gasteiger charge is 2.53. The van der Waals surface area contributed by atoms with Gasteiger partial charge >= 0.3 is 5.97 Å². The number of benzene rings is 2. The second-order valence-corrected chi connectivity index (χ2v) is 12.7. The summed E-state index contributed by atoms with van der Waals surface area (Å²) in [6.07, 6.45) is 7.31. The van der Waals surface area contributed by atoms with Crippen LogP contribution in [0.25, 0.3) is 0 Å². The van der Waals surface area contributed by atoms with E-state index in [0.29, 0.717) is 42.0 Å². The zero-order chi connectivity index (χ0) is 27.9.